The van der Waals surface area contributed by atoms with Crippen LogP contribution < -0.4 is 9.47 Å². The number of fused-ring (bicyclic) bond motifs is 1. The normalized spacial score (nSPS) is 12.1. The third-order valence-corrected chi connectivity index (χ3v) is 5.20. The van der Waals surface area contributed by atoms with Gasteiger partial charge in [-0.25, -0.2) is 0 Å². The van der Waals surface area contributed by atoms with E-state index in [1.807, 2.05) is 52.0 Å². The Bertz CT molecular complexity index is 898. The van der Waals surface area contributed by atoms with Crippen LogP contribution in [-0.2, 0) is 16.0 Å². The molecule has 0 radical (unpaired) electrons. The van der Waals surface area contributed by atoms with Crippen LogP contribution in [0.4, 0.5) is 0 Å². The molecule has 0 spiro atoms. The molecule has 0 fully saturated rings. The summed E-state index contributed by atoms with van der Waals surface area (Å²) in [4.78, 5) is 24.5. The lowest BCUT2D eigenvalue weighted by molar-refractivity contribution is -0.142. The minimum absolute atomic E-state index is 0.171. The Morgan fingerprint density at radius 3 is 2.48 bits per heavy atom. The van der Waals surface area contributed by atoms with Crippen LogP contribution in [0.5, 0.6) is 11.5 Å². The van der Waals surface area contributed by atoms with Crippen molar-refractivity contribution >= 4 is 11.8 Å². The highest BCUT2D eigenvalue weighted by atomic mass is 16.7. The quantitative estimate of drug-likeness (QED) is 0.569. The van der Waals surface area contributed by atoms with E-state index in [0.29, 0.717) is 23.5 Å². The van der Waals surface area contributed by atoms with Gasteiger partial charge in [0.25, 0.3) is 0 Å². The fourth-order valence-electron chi connectivity index (χ4n) is 3.14. The third-order valence-electron chi connectivity index (χ3n) is 5.20. The van der Waals surface area contributed by atoms with Crippen LogP contribution in [0.15, 0.2) is 24.3 Å². The van der Waals surface area contributed by atoms with Crippen LogP contribution in [0.25, 0.3) is 0 Å². The second kappa shape index (κ2) is 7.82. The summed E-state index contributed by atoms with van der Waals surface area (Å²) in [6.07, 6.45) is 0.725. The van der Waals surface area contributed by atoms with E-state index >= 15 is 0 Å². The van der Waals surface area contributed by atoms with Crippen molar-refractivity contribution < 1.29 is 23.8 Å². The highest BCUT2D eigenvalue weighted by Crippen LogP contribution is 2.32. The number of ketones is 1. The van der Waals surface area contributed by atoms with Gasteiger partial charge in [-0.15, -0.1) is 0 Å². The summed E-state index contributed by atoms with van der Waals surface area (Å²) in [5, 5.41) is 0. The molecular formula is C22H24O5. The molecule has 3 rings (SSSR count). The fraction of sp³-hybridized carbons (Fsp3) is 0.364. The molecule has 0 saturated heterocycles. The molecular weight excluding hydrogens is 344 g/mol. The molecule has 0 atom stereocenters. The van der Waals surface area contributed by atoms with Gasteiger partial charge in [0, 0.05) is 12.0 Å². The zero-order chi connectivity index (χ0) is 19.6. The number of benzene rings is 2. The van der Waals surface area contributed by atoms with Crippen molar-refractivity contribution in [2.75, 3.05) is 13.4 Å². The Kier molecular flexibility index (Phi) is 5.49. The van der Waals surface area contributed by atoms with E-state index < -0.39 is 0 Å². The summed E-state index contributed by atoms with van der Waals surface area (Å²) >= 11 is 0. The number of hydrogen-bond donors (Lipinski definition) is 0. The van der Waals surface area contributed by atoms with E-state index in [4.69, 9.17) is 14.2 Å². The summed E-state index contributed by atoms with van der Waals surface area (Å²) in [7, 11) is 0. The maximum atomic E-state index is 12.5. The van der Waals surface area contributed by atoms with Crippen molar-refractivity contribution in [2.45, 2.75) is 40.5 Å². The number of esters is 1. The van der Waals surface area contributed by atoms with Gasteiger partial charge in [-0.05, 0) is 80.1 Å². The Morgan fingerprint density at radius 2 is 1.70 bits per heavy atom. The number of carbonyl (C=O) groups is 2. The van der Waals surface area contributed by atoms with E-state index in [9.17, 15) is 9.59 Å². The molecule has 0 aliphatic carbocycles. The summed E-state index contributed by atoms with van der Waals surface area (Å²) in [5.74, 6) is 0.844. The second-order valence-corrected chi connectivity index (χ2v) is 6.89. The third kappa shape index (κ3) is 4.13. The molecule has 0 unspecified atom stereocenters. The topological polar surface area (TPSA) is 61.8 Å². The number of rotatable bonds is 6. The van der Waals surface area contributed by atoms with E-state index in [1.165, 1.54) is 5.56 Å². The average molecular weight is 368 g/mol. The Hall–Kier alpha value is -2.82. The van der Waals surface area contributed by atoms with Gasteiger partial charge >= 0.3 is 5.97 Å². The lowest BCUT2D eigenvalue weighted by Crippen LogP contribution is -2.16. The van der Waals surface area contributed by atoms with Crippen molar-refractivity contribution in [2.24, 2.45) is 0 Å². The van der Waals surface area contributed by atoms with Crippen molar-refractivity contribution in [3.63, 3.8) is 0 Å². The predicted octanol–water partition coefficient (Wildman–Crippen LogP) is 4.01. The highest BCUT2D eigenvalue weighted by molar-refractivity contribution is 5.99. The number of hydrogen-bond acceptors (Lipinski definition) is 5. The van der Waals surface area contributed by atoms with E-state index in [-0.39, 0.29) is 31.6 Å². The summed E-state index contributed by atoms with van der Waals surface area (Å²) in [6.45, 7) is 7.95. The number of aryl methyl sites for hydroxylation is 2. The number of Topliss-reactive ketones (excluding diaryl/α,β-unsaturated/α-hetero) is 1. The Labute approximate surface area is 159 Å². The molecule has 0 aromatic heterocycles. The molecule has 0 N–H and O–H groups in total. The van der Waals surface area contributed by atoms with Crippen LogP contribution >= 0.6 is 0 Å². The molecule has 27 heavy (non-hydrogen) atoms. The van der Waals surface area contributed by atoms with Crippen molar-refractivity contribution in [3.05, 3.63) is 57.6 Å². The maximum absolute atomic E-state index is 12.5. The van der Waals surface area contributed by atoms with E-state index in [1.54, 1.807) is 0 Å². The zero-order valence-electron chi connectivity index (χ0n) is 16.2. The number of carbonyl (C=O) groups excluding carboxylic acids is 2. The van der Waals surface area contributed by atoms with Gasteiger partial charge in [-0.2, -0.15) is 0 Å². The summed E-state index contributed by atoms with van der Waals surface area (Å²) in [5.41, 5.74) is 5.88. The average Bonchev–Trinajstić information content (AvgIpc) is 3.13. The first-order valence-corrected chi connectivity index (χ1v) is 9.01. The standard InChI is InChI=1S/C22H24O5/c1-13-9-18(16(4)15(3)14(13)2)19(23)11-25-22(24)8-6-17-5-7-20-21(10-17)27-12-26-20/h5,7,9-10H,6,8,11-12H2,1-4H3. The molecule has 2 aromatic rings. The summed E-state index contributed by atoms with van der Waals surface area (Å²) in [6, 6.07) is 7.47. The van der Waals surface area contributed by atoms with Gasteiger partial charge in [0.1, 0.15) is 0 Å². The molecule has 5 nitrogen and oxygen atoms in total. The molecule has 0 saturated carbocycles. The molecule has 1 aliphatic heterocycles. The van der Waals surface area contributed by atoms with Crippen molar-refractivity contribution in [1.82, 2.24) is 0 Å². The minimum atomic E-state index is -0.390. The predicted molar refractivity (Wildman–Crippen MR) is 102 cm³/mol. The largest absolute Gasteiger partial charge is 0.457 e. The summed E-state index contributed by atoms with van der Waals surface area (Å²) < 4.78 is 15.8. The van der Waals surface area contributed by atoms with Gasteiger partial charge in [0.2, 0.25) is 12.6 Å². The lowest BCUT2D eigenvalue weighted by atomic mass is 9.93. The van der Waals surface area contributed by atoms with Crippen LogP contribution in [0, 0.1) is 27.7 Å². The van der Waals surface area contributed by atoms with Crippen LogP contribution in [0.2, 0.25) is 0 Å². The Morgan fingerprint density at radius 1 is 0.963 bits per heavy atom. The van der Waals surface area contributed by atoms with Crippen LogP contribution in [0.3, 0.4) is 0 Å². The van der Waals surface area contributed by atoms with Crippen molar-refractivity contribution in [1.29, 1.82) is 0 Å². The van der Waals surface area contributed by atoms with Gasteiger partial charge in [0.15, 0.2) is 18.1 Å². The van der Waals surface area contributed by atoms with Crippen molar-refractivity contribution in [3.8, 4) is 11.5 Å². The monoisotopic (exact) mass is 368 g/mol. The SMILES string of the molecule is Cc1cc(C(=O)COC(=O)CCc2ccc3c(c2)OCO3)c(C)c(C)c1C. The lowest BCUT2D eigenvalue weighted by Gasteiger charge is -2.13. The first kappa shape index (κ1) is 19.0. The molecule has 0 amide bonds. The van der Waals surface area contributed by atoms with Gasteiger partial charge in [-0.3, -0.25) is 9.59 Å². The minimum Gasteiger partial charge on any atom is -0.457 e. The molecule has 142 valence electrons. The van der Waals surface area contributed by atoms with Gasteiger partial charge in [0.05, 0.1) is 0 Å². The molecule has 2 aromatic carbocycles. The molecule has 5 heteroatoms. The van der Waals surface area contributed by atoms with Crippen LogP contribution in [-0.4, -0.2) is 25.2 Å². The highest BCUT2D eigenvalue weighted by Gasteiger charge is 2.17. The number of ether oxygens (including phenoxy) is 3. The molecule has 1 heterocycles. The Balaban J connectivity index is 1.54. The van der Waals surface area contributed by atoms with E-state index in [0.717, 1.165) is 22.3 Å². The fourth-order valence-corrected chi connectivity index (χ4v) is 3.14. The molecule has 0 bridgehead atoms. The molecule has 1 aliphatic rings. The zero-order valence-corrected chi connectivity index (χ0v) is 16.2. The van der Waals surface area contributed by atoms with Gasteiger partial charge < -0.3 is 14.2 Å². The van der Waals surface area contributed by atoms with E-state index in [2.05, 4.69) is 0 Å². The first-order chi connectivity index (χ1) is 12.9. The van der Waals surface area contributed by atoms with Crippen LogP contribution in [0.1, 0.15) is 44.6 Å². The first-order valence-electron chi connectivity index (χ1n) is 9.01. The van der Waals surface area contributed by atoms with Gasteiger partial charge in [-0.1, -0.05) is 6.07 Å². The smallest absolute Gasteiger partial charge is 0.306 e. The maximum Gasteiger partial charge on any atom is 0.306 e. The second-order valence-electron chi connectivity index (χ2n) is 6.89.